The second-order valence-corrected chi connectivity index (χ2v) is 5.10. The van der Waals surface area contributed by atoms with Gasteiger partial charge in [-0.25, -0.2) is 4.98 Å². The van der Waals surface area contributed by atoms with Crippen molar-refractivity contribution >= 4 is 16.7 Å². The van der Waals surface area contributed by atoms with Crippen LogP contribution in [0.3, 0.4) is 0 Å². The van der Waals surface area contributed by atoms with Crippen molar-refractivity contribution in [2.45, 2.75) is 20.8 Å². The molecule has 3 rings (SSSR count). The maximum atomic E-state index is 6.09. The van der Waals surface area contributed by atoms with Gasteiger partial charge in [-0.05, 0) is 61.7 Å². The largest absolute Gasteiger partial charge is 0.397 e. The summed E-state index contributed by atoms with van der Waals surface area (Å²) in [7, 11) is 0. The summed E-state index contributed by atoms with van der Waals surface area (Å²) in [5.41, 5.74) is 13.7. The van der Waals surface area contributed by atoms with E-state index in [0.717, 1.165) is 22.4 Å². The zero-order chi connectivity index (χ0) is 13.6. The van der Waals surface area contributed by atoms with Gasteiger partial charge in [0.2, 0.25) is 0 Å². The zero-order valence-electron chi connectivity index (χ0n) is 11.4. The van der Waals surface area contributed by atoms with Gasteiger partial charge < -0.3 is 5.73 Å². The highest BCUT2D eigenvalue weighted by Gasteiger charge is 2.09. The lowest BCUT2D eigenvalue weighted by molar-refractivity contribution is 1.09. The zero-order valence-corrected chi connectivity index (χ0v) is 11.4. The number of nitrogens with two attached hydrogens (primary N) is 1. The highest BCUT2D eigenvalue weighted by Crippen LogP contribution is 2.25. The van der Waals surface area contributed by atoms with Crippen molar-refractivity contribution in [2.24, 2.45) is 0 Å². The van der Waals surface area contributed by atoms with Gasteiger partial charge in [0.1, 0.15) is 6.33 Å². The molecule has 0 fully saturated rings. The number of rotatable bonds is 1. The van der Waals surface area contributed by atoms with Crippen molar-refractivity contribution in [3.05, 3.63) is 53.3 Å². The molecule has 0 aliphatic heterocycles. The average Bonchev–Trinajstić information content (AvgIpc) is 2.76. The number of hydrogen-bond donors (Lipinski definition) is 1. The number of nitrogens with zero attached hydrogens (tertiary/aromatic N) is 2. The molecule has 0 saturated heterocycles. The van der Waals surface area contributed by atoms with Crippen molar-refractivity contribution in [2.75, 3.05) is 5.73 Å². The lowest BCUT2D eigenvalue weighted by Gasteiger charge is -2.10. The van der Waals surface area contributed by atoms with Gasteiger partial charge in [0, 0.05) is 0 Å². The van der Waals surface area contributed by atoms with Crippen molar-refractivity contribution in [3.63, 3.8) is 0 Å². The smallest absolute Gasteiger partial charge is 0.100 e. The van der Waals surface area contributed by atoms with Crippen LogP contribution in [0.5, 0.6) is 0 Å². The Morgan fingerprint density at radius 3 is 2.53 bits per heavy atom. The van der Waals surface area contributed by atoms with Gasteiger partial charge in [0.25, 0.3) is 0 Å². The Bertz CT molecular complexity index is 769. The van der Waals surface area contributed by atoms with Crippen molar-refractivity contribution in [1.82, 2.24) is 9.55 Å². The molecule has 0 bridgehead atoms. The van der Waals surface area contributed by atoms with E-state index in [1.54, 1.807) is 0 Å². The third-order valence-corrected chi connectivity index (χ3v) is 3.61. The molecule has 0 aliphatic rings. The molecule has 1 heterocycles. The molecule has 3 nitrogen and oxygen atoms in total. The van der Waals surface area contributed by atoms with Crippen LogP contribution in [0.15, 0.2) is 36.7 Å². The van der Waals surface area contributed by atoms with E-state index in [-0.39, 0.29) is 0 Å². The molecule has 1 aromatic heterocycles. The summed E-state index contributed by atoms with van der Waals surface area (Å²) in [5.74, 6) is 0. The Morgan fingerprint density at radius 1 is 1.00 bits per heavy atom. The van der Waals surface area contributed by atoms with Crippen LogP contribution in [0.2, 0.25) is 0 Å². The van der Waals surface area contributed by atoms with E-state index >= 15 is 0 Å². The van der Waals surface area contributed by atoms with E-state index in [9.17, 15) is 0 Å². The first kappa shape index (κ1) is 11.8. The lowest BCUT2D eigenvalue weighted by Crippen LogP contribution is -1.99. The van der Waals surface area contributed by atoms with Crippen LogP contribution in [-0.2, 0) is 0 Å². The summed E-state index contributed by atoms with van der Waals surface area (Å²) in [5, 5.41) is 0. The monoisotopic (exact) mass is 251 g/mol. The van der Waals surface area contributed by atoms with Crippen LogP contribution >= 0.6 is 0 Å². The first-order valence-corrected chi connectivity index (χ1v) is 6.37. The Hall–Kier alpha value is -2.29. The molecule has 0 amide bonds. The van der Waals surface area contributed by atoms with E-state index in [0.29, 0.717) is 0 Å². The normalized spacial score (nSPS) is 11.1. The van der Waals surface area contributed by atoms with Gasteiger partial charge in [-0.1, -0.05) is 6.07 Å². The first-order valence-electron chi connectivity index (χ1n) is 6.37. The number of anilines is 1. The lowest BCUT2D eigenvalue weighted by atomic mass is 10.1. The van der Waals surface area contributed by atoms with Crippen LogP contribution in [0.1, 0.15) is 16.7 Å². The van der Waals surface area contributed by atoms with Gasteiger partial charge in [0.05, 0.1) is 22.4 Å². The Balaban J connectivity index is 2.31. The fourth-order valence-corrected chi connectivity index (χ4v) is 2.32. The number of aromatic nitrogens is 2. The van der Waals surface area contributed by atoms with E-state index in [2.05, 4.69) is 48.5 Å². The summed E-state index contributed by atoms with van der Waals surface area (Å²) < 4.78 is 2.06. The second-order valence-electron chi connectivity index (χ2n) is 5.10. The highest BCUT2D eigenvalue weighted by atomic mass is 15.1. The van der Waals surface area contributed by atoms with Crippen LogP contribution in [0, 0.1) is 20.8 Å². The van der Waals surface area contributed by atoms with Gasteiger partial charge >= 0.3 is 0 Å². The Morgan fingerprint density at radius 2 is 1.74 bits per heavy atom. The van der Waals surface area contributed by atoms with Crippen molar-refractivity contribution in [3.8, 4) is 5.69 Å². The predicted octanol–water partition coefficient (Wildman–Crippen LogP) is 3.53. The number of benzene rings is 2. The van der Waals surface area contributed by atoms with Crippen LogP contribution in [0.25, 0.3) is 16.7 Å². The van der Waals surface area contributed by atoms with Gasteiger partial charge in [0.15, 0.2) is 0 Å². The van der Waals surface area contributed by atoms with Crippen LogP contribution < -0.4 is 5.73 Å². The number of imidazole rings is 1. The Kier molecular flexibility index (Phi) is 2.56. The minimum absolute atomic E-state index is 0.767. The molecule has 0 spiro atoms. The number of aryl methyl sites for hydroxylation is 3. The molecule has 3 heteroatoms. The molecule has 0 atom stereocenters. The minimum atomic E-state index is 0.767. The summed E-state index contributed by atoms with van der Waals surface area (Å²) in [6.45, 7) is 6.29. The average molecular weight is 251 g/mol. The van der Waals surface area contributed by atoms with Crippen LogP contribution in [0.4, 0.5) is 5.69 Å². The van der Waals surface area contributed by atoms with Gasteiger partial charge in [-0.15, -0.1) is 0 Å². The Labute approximate surface area is 112 Å². The van der Waals surface area contributed by atoms with Gasteiger partial charge in [-0.3, -0.25) is 4.57 Å². The number of hydrogen-bond acceptors (Lipinski definition) is 2. The third-order valence-electron chi connectivity index (χ3n) is 3.61. The summed E-state index contributed by atoms with van der Waals surface area (Å²) in [4.78, 5) is 4.48. The van der Waals surface area contributed by atoms with E-state index < -0.39 is 0 Å². The quantitative estimate of drug-likeness (QED) is 0.672. The van der Waals surface area contributed by atoms with Crippen molar-refractivity contribution < 1.29 is 0 Å². The molecule has 2 aromatic carbocycles. The molecule has 0 unspecified atom stereocenters. The number of nitrogen functional groups attached to an aromatic ring is 1. The molecule has 19 heavy (non-hydrogen) atoms. The molecular formula is C16H17N3. The SMILES string of the molecule is Cc1ccc(N)c(-n2cnc3cc(C)c(C)cc32)c1. The van der Waals surface area contributed by atoms with E-state index in [1.165, 1.54) is 16.7 Å². The minimum Gasteiger partial charge on any atom is -0.397 e. The molecule has 0 aliphatic carbocycles. The van der Waals surface area contributed by atoms with Crippen LogP contribution in [-0.4, -0.2) is 9.55 Å². The highest BCUT2D eigenvalue weighted by molar-refractivity contribution is 5.80. The molecule has 0 saturated carbocycles. The summed E-state index contributed by atoms with van der Waals surface area (Å²) >= 11 is 0. The fourth-order valence-electron chi connectivity index (χ4n) is 2.32. The molecule has 0 radical (unpaired) electrons. The van der Waals surface area contributed by atoms with Gasteiger partial charge in [-0.2, -0.15) is 0 Å². The summed E-state index contributed by atoms with van der Waals surface area (Å²) in [6, 6.07) is 10.3. The molecule has 3 aromatic rings. The van der Waals surface area contributed by atoms with Crippen molar-refractivity contribution in [1.29, 1.82) is 0 Å². The standard InChI is InChI=1S/C16H17N3/c1-10-4-5-13(17)15(6-10)19-9-18-14-7-11(2)12(3)8-16(14)19/h4-9H,17H2,1-3H3. The molecule has 96 valence electrons. The molecule has 2 N–H and O–H groups in total. The topological polar surface area (TPSA) is 43.8 Å². The first-order chi connectivity index (χ1) is 9.06. The summed E-state index contributed by atoms with van der Waals surface area (Å²) in [6.07, 6.45) is 1.84. The maximum absolute atomic E-state index is 6.09. The predicted molar refractivity (Wildman–Crippen MR) is 79.7 cm³/mol. The fraction of sp³-hybridized carbons (Fsp3) is 0.188. The molecular weight excluding hydrogens is 234 g/mol. The second kappa shape index (κ2) is 4.12. The third kappa shape index (κ3) is 1.87. The maximum Gasteiger partial charge on any atom is 0.100 e. The number of fused-ring (bicyclic) bond motifs is 1. The van der Waals surface area contributed by atoms with E-state index in [4.69, 9.17) is 5.73 Å². The van der Waals surface area contributed by atoms with E-state index in [1.807, 2.05) is 18.5 Å².